The number of hydrogen-bond acceptors (Lipinski definition) is 2. The second-order valence-electron chi connectivity index (χ2n) is 2.75. The summed E-state index contributed by atoms with van der Waals surface area (Å²) in [5.41, 5.74) is 0. The number of hydrogen-bond donors (Lipinski definition) is 1. The summed E-state index contributed by atoms with van der Waals surface area (Å²) in [6.07, 6.45) is 0. The van der Waals surface area contributed by atoms with Gasteiger partial charge in [0.05, 0.1) is 0 Å². The number of alkyl halides is 1. The molecule has 4 heteroatoms. The quantitative estimate of drug-likeness (QED) is 0.628. The highest BCUT2D eigenvalue weighted by Crippen LogP contribution is 1.88. The first kappa shape index (κ1) is 10.7. The molecule has 0 aliphatic carbocycles. The van der Waals surface area contributed by atoms with Crippen molar-refractivity contribution in [3.05, 3.63) is 0 Å². The zero-order valence-electron chi connectivity index (χ0n) is 7.22. The molecule has 0 radical (unpaired) electrons. The van der Waals surface area contributed by atoms with E-state index < -0.39 is 0 Å². The van der Waals surface area contributed by atoms with Crippen LogP contribution in [0.25, 0.3) is 0 Å². The van der Waals surface area contributed by atoms with E-state index in [9.17, 15) is 4.79 Å². The highest BCUT2D eigenvalue weighted by Gasteiger charge is 2.05. The van der Waals surface area contributed by atoms with Gasteiger partial charge in [-0.15, -0.1) is 11.6 Å². The lowest BCUT2D eigenvalue weighted by Gasteiger charge is -2.19. The lowest BCUT2D eigenvalue weighted by Crippen LogP contribution is -2.38. The van der Waals surface area contributed by atoms with Crippen molar-refractivity contribution in [3.8, 4) is 0 Å². The summed E-state index contributed by atoms with van der Waals surface area (Å²) in [5.74, 6) is -0.0690. The Morgan fingerprint density at radius 3 is 2.55 bits per heavy atom. The summed E-state index contributed by atoms with van der Waals surface area (Å²) in [6, 6.07) is 0.349. The molecule has 0 fully saturated rings. The number of halogens is 1. The number of carbonyl (C=O) groups is 1. The maximum absolute atomic E-state index is 10.7. The first-order chi connectivity index (χ1) is 5.07. The van der Waals surface area contributed by atoms with Crippen LogP contribution in [0.5, 0.6) is 0 Å². The van der Waals surface area contributed by atoms with Crippen LogP contribution in [0.1, 0.15) is 6.92 Å². The van der Waals surface area contributed by atoms with Gasteiger partial charge in [-0.25, -0.2) is 0 Å². The maximum atomic E-state index is 10.7. The Hall–Kier alpha value is -0.280. The number of amides is 1. The largest absolute Gasteiger partial charge is 0.354 e. The van der Waals surface area contributed by atoms with E-state index in [0.717, 1.165) is 0 Å². The molecule has 66 valence electrons. The number of nitrogens with one attached hydrogen (secondary N) is 1. The summed E-state index contributed by atoms with van der Waals surface area (Å²) in [6.45, 7) is 2.69. The van der Waals surface area contributed by atoms with Gasteiger partial charge in [0.15, 0.2) is 0 Å². The van der Waals surface area contributed by atoms with Crippen LogP contribution in [-0.2, 0) is 4.79 Å². The van der Waals surface area contributed by atoms with Crippen molar-refractivity contribution < 1.29 is 4.79 Å². The van der Waals surface area contributed by atoms with Gasteiger partial charge in [-0.3, -0.25) is 4.79 Å². The van der Waals surface area contributed by atoms with Gasteiger partial charge in [-0.05, 0) is 21.0 Å². The highest BCUT2D eigenvalue weighted by molar-refractivity contribution is 6.27. The van der Waals surface area contributed by atoms with Crippen LogP contribution < -0.4 is 5.32 Å². The topological polar surface area (TPSA) is 32.3 Å². The summed E-state index contributed by atoms with van der Waals surface area (Å²) >= 11 is 5.29. The van der Waals surface area contributed by atoms with E-state index in [0.29, 0.717) is 12.6 Å². The predicted octanol–water partition coefficient (Wildman–Crippen LogP) is 0.291. The number of carbonyl (C=O) groups excluding carboxylic acids is 1. The monoisotopic (exact) mass is 178 g/mol. The Morgan fingerprint density at radius 1 is 1.64 bits per heavy atom. The molecule has 0 spiro atoms. The van der Waals surface area contributed by atoms with Crippen molar-refractivity contribution in [1.82, 2.24) is 10.2 Å². The molecule has 0 aliphatic rings. The van der Waals surface area contributed by atoms with Crippen molar-refractivity contribution >= 4 is 17.5 Å². The molecule has 0 aromatic carbocycles. The van der Waals surface area contributed by atoms with Crippen molar-refractivity contribution in [2.24, 2.45) is 0 Å². The molecule has 1 unspecified atom stereocenters. The molecule has 0 aromatic heterocycles. The van der Waals surface area contributed by atoms with Crippen LogP contribution >= 0.6 is 11.6 Å². The van der Waals surface area contributed by atoms with Gasteiger partial charge in [0, 0.05) is 12.6 Å². The summed E-state index contributed by atoms with van der Waals surface area (Å²) in [7, 11) is 3.94. The van der Waals surface area contributed by atoms with Crippen LogP contribution in [-0.4, -0.2) is 43.4 Å². The third-order valence-electron chi connectivity index (χ3n) is 1.60. The Balaban J connectivity index is 3.45. The number of likely N-dealkylation sites (N-methyl/N-ethyl adjacent to an activating group) is 1. The molecule has 0 saturated carbocycles. The van der Waals surface area contributed by atoms with Gasteiger partial charge in [0.2, 0.25) is 5.91 Å². The third kappa shape index (κ3) is 5.04. The Kier molecular flexibility index (Phi) is 5.24. The maximum Gasteiger partial charge on any atom is 0.234 e. The molecular weight excluding hydrogens is 164 g/mol. The van der Waals surface area contributed by atoms with Gasteiger partial charge >= 0.3 is 0 Å². The normalized spacial score (nSPS) is 13.2. The number of rotatable bonds is 4. The average Bonchev–Trinajstić information content (AvgIpc) is 1.99. The van der Waals surface area contributed by atoms with Gasteiger partial charge in [0.1, 0.15) is 5.88 Å². The summed E-state index contributed by atoms with van der Waals surface area (Å²) < 4.78 is 0. The van der Waals surface area contributed by atoms with E-state index in [-0.39, 0.29) is 11.8 Å². The van der Waals surface area contributed by atoms with Crippen molar-refractivity contribution in [1.29, 1.82) is 0 Å². The number of nitrogens with zero attached hydrogens (tertiary/aromatic N) is 1. The van der Waals surface area contributed by atoms with E-state index in [2.05, 4.69) is 5.32 Å². The molecular formula is C7H15ClN2O. The van der Waals surface area contributed by atoms with E-state index in [1.54, 1.807) is 0 Å². The minimum atomic E-state index is -0.111. The van der Waals surface area contributed by atoms with Crippen LogP contribution in [0, 0.1) is 0 Å². The minimum absolute atomic E-state index is 0.0418. The molecule has 1 amide bonds. The van der Waals surface area contributed by atoms with E-state index in [1.807, 2.05) is 25.9 Å². The zero-order chi connectivity index (χ0) is 8.85. The Morgan fingerprint density at radius 2 is 2.18 bits per heavy atom. The molecule has 0 saturated heterocycles. The molecule has 11 heavy (non-hydrogen) atoms. The van der Waals surface area contributed by atoms with Gasteiger partial charge < -0.3 is 10.2 Å². The molecule has 3 nitrogen and oxygen atoms in total. The molecule has 0 rings (SSSR count). The lowest BCUT2D eigenvalue weighted by atomic mass is 10.3. The Bertz CT molecular complexity index is 128. The van der Waals surface area contributed by atoms with Crippen molar-refractivity contribution in [2.45, 2.75) is 13.0 Å². The first-order valence-corrected chi connectivity index (χ1v) is 4.10. The van der Waals surface area contributed by atoms with E-state index >= 15 is 0 Å². The SMILES string of the molecule is CC(CNC(=O)CCl)N(C)C. The minimum Gasteiger partial charge on any atom is -0.354 e. The zero-order valence-corrected chi connectivity index (χ0v) is 7.98. The van der Waals surface area contributed by atoms with Gasteiger partial charge in [0.25, 0.3) is 0 Å². The van der Waals surface area contributed by atoms with Crippen LogP contribution in [0.15, 0.2) is 0 Å². The van der Waals surface area contributed by atoms with Gasteiger partial charge in [-0.1, -0.05) is 0 Å². The van der Waals surface area contributed by atoms with E-state index in [1.165, 1.54) is 0 Å². The second-order valence-corrected chi connectivity index (χ2v) is 3.02. The molecule has 0 aliphatic heterocycles. The van der Waals surface area contributed by atoms with Crippen LogP contribution in [0.2, 0.25) is 0 Å². The molecule has 0 bridgehead atoms. The molecule has 0 heterocycles. The van der Waals surface area contributed by atoms with E-state index in [4.69, 9.17) is 11.6 Å². The predicted molar refractivity (Wildman–Crippen MR) is 46.9 cm³/mol. The lowest BCUT2D eigenvalue weighted by molar-refractivity contribution is -0.118. The standard InChI is InChI=1S/C7H15ClN2O/c1-6(10(2)3)5-9-7(11)4-8/h6H,4-5H2,1-3H3,(H,9,11). The molecule has 0 aromatic rings. The van der Waals surface area contributed by atoms with Crippen LogP contribution in [0.4, 0.5) is 0 Å². The highest BCUT2D eigenvalue weighted by atomic mass is 35.5. The fraction of sp³-hybridized carbons (Fsp3) is 0.857. The van der Waals surface area contributed by atoms with Crippen molar-refractivity contribution in [3.63, 3.8) is 0 Å². The fourth-order valence-corrected chi connectivity index (χ4v) is 0.586. The second kappa shape index (κ2) is 5.38. The fourth-order valence-electron chi connectivity index (χ4n) is 0.491. The third-order valence-corrected chi connectivity index (χ3v) is 1.84. The molecule has 1 atom stereocenters. The smallest absolute Gasteiger partial charge is 0.234 e. The van der Waals surface area contributed by atoms with Gasteiger partial charge in [-0.2, -0.15) is 0 Å². The van der Waals surface area contributed by atoms with Crippen molar-refractivity contribution in [2.75, 3.05) is 26.5 Å². The van der Waals surface area contributed by atoms with Crippen LogP contribution in [0.3, 0.4) is 0 Å². The first-order valence-electron chi connectivity index (χ1n) is 3.57. The molecule has 1 N–H and O–H groups in total. The summed E-state index contributed by atoms with van der Waals surface area (Å²) in [4.78, 5) is 12.7. The Labute approximate surface area is 72.7 Å². The summed E-state index contributed by atoms with van der Waals surface area (Å²) in [5, 5.41) is 2.70. The average molecular weight is 179 g/mol.